The fraction of sp³-hybridized carbons (Fsp3) is 0.294. The van der Waals surface area contributed by atoms with E-state index in [0.717, 1.165) is 34.1 Å². The number of para-hydroxylation sites is 2. The van der Waals surface area contributed by atoms with Gasteiger partial charge < -0.3 is 24.3 Å². The number of benzene rings is 2. The number of ether oxygens (including phenoxy) is 4. The van der Waals surface area contributed by atoms with Crippen LogP contribution in [0.1, 0.15) is 11.1 Å². The molecule has 0 bridgehead atoms. The van der Waals surface area contributed by atoms with Crippen molar-refractivity contribution in [3.8, 4) is 23.0 Å². The van der Waals surface area contributed by atoms with Gasteiger partial charge >= 0.3 is 0 Å². The molecule has 0 saturated heterocycles. The van der Waals surface area contributed by atoms with E-state index in [1.54, 1.807) is 0 Å². The van der Waals surface area contributed by atoms with Gasteiger partial charge in [0, 0.05) is 24.2 Å². The molecular weight excluding hydrogens is 282 g/mol. The normalized spacial score (nSPS) is 14.9. The highest BCUT2D eigenvalue weighted by Crippen LogP contribution is 2.36. The van der Waals surface area contributed by atoms with E-state index in [1.165, 1.54) is 0 Å². The molecule has 1 N–H and O–H groups in total. The highest BCUT2D eigenvalue weighted by atomic mass is 16.7. The van der Waals surface area contributed by atoms with Crippen molar-refractivity contribution in [2.75, 3.05) is 20.0 Å². The summed E-state index contributed by atoms with van der Waals surface area (Å²) in [7, 11) is 0. The Morgan fingerprint density at radius 3 is 2.14 bits per heavy atom. The number of hydrogen-bond acceptors (Lipinski definition) is 5. The summed E-state index contributed by atoms with van der Waals surface area (Å²) in [6, 6.07) is 11.9. The molecule has 0 aliphatic carbocycles. The second kappa shape index (κ2) is 5.77. The van der Waals surface area contributed by atoms with Gasteiger partial charge in [0.2, 0.25) is 6.79 Å². The standard InChI is InChI=1S/C17H17NO4/c1-3-12(16-14(5-1)19-7-8-20-16)9-18-10-13-4-2-6-15-17(13)22-11-21-15/h1-6,18H,7-11H2. The van der Waals surface area contributed by atoms with Crippen molar-refractivity contribution in [3.05, 3.63) is 47.5 Å². The molecule has 114 valence electrons. The predicted molar refractivity (Wildman–Crippen MR) is 80.5 cm³/mol. The molecule has 0 saturated carbocycles. The van der Waals surface area contributed by atoms with E-state index in [4.69, 9.17) is 18.9 Å². The molecule has 2 aromatic rings. The van der Waals surface area contributed by atoms with E-state index < -0.39 is 0 Å². The Bertz CT molecular complexity index is 686. The molecule has 2 heterocycles. The highest BCUT2D eigenvalue weighted by molar-refractivity contribution is 5.49. The summed E-state index contributed by atoms with van der Waals surface area (Å²) in [6.45, 7) is 2.91. The fourth-order valence-electron chi connectivity index (χ4n) is 2.74. The Labute approximate surface area is 128 Å². The zero-order chi connectivity index (χ0) is 14.8. The Morgan fingerprint density at radius 2 is 1.36 bits per heavy atom. The summed E-state index contributed by atoms with van der Waals surface area (Å²) < 4.78 is 22.2. The molecule has 22 heavy (non-hydrogen) atoms. The third-order valence-corrected chi connectivity index (χ3v) is 3.76. The van der Waals surface area contributed by atoms with Crippen molar-refractivity contribution in [1.29, 1.82) is 0 Å². The van der Waals surface area contributed by atoms with Crippen LogP contribution >= 0.6 is 0 Å². The minimum atomic E-state index is 0.295. The quantitative estimate of drug-likeness (QED) is 0.940. The van der Waals surface area contributed by atoms with Crippen LogP contribution in [0.15, 0.2) is 36.4 Å². The summed E-state index contributed by atoms with van der Waals surface area (Å²) in [5.41, 5.74) is 2.19. The SMILES string of the molecule is c1cc(CNCc2cccc3c2OCO3)c2c(c1)OCCO2. The van der Waals surface area contributed by atoms with Crippen molar-refractivity contribution in [2.24, 2.45) is 0 Å². The maximum Gasteiger partial charge on any atom is 0.231 e. The van der Waals surface area contributed by atoms with Crippen LogP contribution in [0.25, 0.3) is 0 Å². The zero-order valence-corrected chi connectivity index (χ0v) is 12.1. The van der Waals surface area contributed by atoms with E-state index in [1.807, 2.05) is 30.3 Å². The monoisotopic (exact) mass is 299 g/mol. The second-order valence-corrected chi connectivity index (χ2v) is 5.20. The molecule has 4 rings (SSSR count). The molecule has 2 aliphatic heterocycles. The first-order chi connectivity index (χ1) is 10.9. The molecule has 0 aromatic heterocycles. The average Bonchev–Trinajstić information content (AvgIpc) is 3.05. The van der Waals surface area contributed by atoms with Gasteiger partial charge in [0.05, 0.1) is 0 Å². The third kappa shape index (κ3) is 2.44. The van der Waals surface area contributed by atoms with Crippen LogP contribution in [0.3, 0.4) is 0 Å². The summed E-state index contributed by atoms with van der Waals surface area (Å²) in [5, 5.41) is 3.43. The minimum absolute atomic E-state index is 0.295. The van der Waals surface area contributed by atoms with E-state index in [-0.39, 0.29) is 0 Å². The Hall–Kier alpha value is -2.40. The number of fused-ring (bicyclic) bond motifs is 2. The molecular formula is C17H17NO4. The number of nitrogens with one attached hydrogen (secondary N) is 1. The molecule has 0 fully saturated rings. The lowest BCUT2D eigenvalue weighted by Crippen LogP contribution is -2.19. The molecule has 2 aromatic carbocycles. The largest absolute Gasteiger partial charge is 0.486 e. The number of hydrogen-bond donors (Lipinski definition) is 1. The summed E-state index contributed by atoms with van der Waals surface area (Å²) >= 11 is 0. The van der Waals surface area contributed by atoms with Gasteiger partial charge in [-0.15, -0.1) is 0 Å². The molecule has 0 radical (unpaired) electrons. The summed E-state index contributed by atoms with van der Waals surface area (Å²) in [4.78, 5) is 0. The van der Waals surface area contributed by atoms with Crippen molar-refractivity contribution in [1.82, 2.24) is 5.32 Å². The van der Waals surface area contributed by atoms with E-state index >= 15 is 0 Å². The topological polar surface area (TPSA) is 49.0 Å². The van der Waals surface area contributed by atoms with Crippen LogP contribution in [-0.2, 0) is 13.1 Å². The lowest BCUT2D eigenvalue weighted by Gasteiger charge is -2.21. The third-order valence-electron chi connectivity index (χ3n) is 3.76. The molecule has 2 aliphatic rings. The number of rotatable bonds is 4. The van der Waals surface area contributed by atoms with E-state index in [9.17, 15) is 0 Å². The van der Waals surface area contributed by atoms with Crippen molar-refractivity contribution in [3.63, 3.8) is 0 Å². The lowest BCUT2D eigenvalue weighted by atomic mass is 10.1. The van der Waals surface area contributed by atoms with Crippen LogP contribution in [0, 0.1) is 0 Å². The summed E-state index contributed by atoms with van der Waals surface area (Å²) in [6.07, 6.45) is 0. The zero-order valence-electron chi connectivity index (χ0n) is 12.1. The molecule has 5 nitrogen and oxygen atoms in total. The first-order valence-electron chi connectivity index (χ1n) is 7.37. The maximum atomic E-state index is 5.72. The average molecular weight is 299 g/mol. The van der Waals surface area contributed by atoms with Gasteiger partial charge in [-0.3, -0.25) is 0 Å². The second-order valence-electron chi connectivity index (χ2n) is 5.20. The molecule has 0 atom stereocenters. The van der Waals surface area contributed by atoms with Crippen LogP contribution in [0.5, 0.6) is 23.0 Å². The van der Waals surface area contributed by atoms with Crippen LogP contribution in [0.4, 0.5) is 0 Å². The van der Waals surface area contributed by atoms with Gasteiger partial charge in [0.25, 0.3) is 0 Å². The Morgan fingerprint density at radius 1 is 0.727 bits per heavy atom. The molecule has 0 spiro atoms. The van der Waals surface area contributed by atoms with Gasteiger partial charge in [-0.1, -0.05) is 24.3 Å². The highest BCUT2D eigenvalue weighted by Gasteiger charge is 2.18. The maximum absolute atomic E-state index is 5.72. The van der Waals surface area contributed by atoms with Crippen LogP contribution < -0.4 is 24.3 Å². The van der Waals surface area contributed by atoms with Gasteiger partial charge in [-0.05, 0) is 12.1 Å². The van der Waals surface area contributed by atoms with Gasteiger partial charge in [-0.2, -0.15) is 0 Å². The van der Waals surface area contributed by atoms with E-state index in [2.05, 4.69) is 11.4 Å². The van der Waals surface area contributed by atoms with E-state index in [0.29, 0.717) is 33.1 Å². The lowest BCUT2D eigenvalue weighted by molar-refractivity contribution is 0.169. The molecule has 0 unspecified atom stereocenters. The first-order valence-corrected chi connectivity index (χ1v) is 7.37. The first kappa shape index (κ1) is 13.3. The fourth-order valence-corrected chi connectivity index (χ4v) is 2.74. The van der Waals surface area contributed by atoms with Crippen molar-refractivity contribution >= 4 is 0 Å². The van der Waals surface area contributed by atoms with Gasteiger partial charge in [0.1, 0.15) is 13.2 Å². The Balaban J connectivity index is 1.45. The van der Waals surface area contributed by atoms with Crippen molar-refractivity contribution < 1.29 is 18.9 Å². The molecule has 0 amide bonds. The van der Waals surface area contributed by atoms with Gasteiger partial charge in [0.15, 0.2) is 23.0 Å². The van der Waals surface area contributed by atoms with Crippen LogP contribution in [0.2, 0.25) is 0 Å². The predicted octanol–water partition coefficient (Wildman–Crippen LogP) is 2.48. The van der Waals surface area contributed by atoms with Gasteiger partial charge in [-0.25, -0.2) is 0 Å². The van der Waals surface area contributed by atoms with Crippen molar-refractivity contribution in [2.45, 2.75) is 13.1 Å². The smallest absolute Gasteiger partial charge is 0.231 e. The minimum Gasteiger partial charge on any atom is -0.486 e. The summed E-state index contributed by atoms with van der Waals surface area (Å²) in [5.74, 6) is 3.32. The van der Waals surface area contributed by atoms with Crippen LogP contribution in [-0.4, -0.2) is 20.0 Å². The Kier molecular flexibility index (Phi) is 3.48. The molecule has 5 heteroatoms.